The third-order valence-electron chi connectivity index (χ3n) is 3.33. The van der Waals surface area contributed by atoms with Crippen LogP contribution in [0.1, 0.15) is 18.4 Å². The fourth-order valence-electron chi connectivity index (χ4n) is 2.37. The molecule has 2 N–H and O–H groups in total. The lowest BCUT2D eigenvalue weighted by Crippen LogP contribution is -2.27. The predicted molar refractivity (Wildman–Crippen MR) is 94.2 cm³/mol. The fourth-order valence-corrected chi connectivity index (χ4v) is 3.27. The van der Waals surface area contributed by atoms with Crippen molar-refractivity contribution in [3.05, 3.63) is 56.2 Å². The first-order valence-corrected chi connectivity index (χ1v) is 8.44. The van der Waals surface area contributed by atoms with Crippen LogP contribution in [0, 0.1) is 14.9 Å². The molecule has 120 valence electrons. The molecule has 5 nitrogen and oxygen atoms in total. The zero-order valence-electron chi connectivity index (χ0n) is 12.3. The van der Waals surface area contributed by atoms with E-state index in [-0.39, 0.29) is 35.3 Å². The molecule has 1 heterocycles. The highest BCUT2D eigenvalue weighted by Crippen LogP contribution is 2.41. The van der Waals surface area contributed by atoms with Crippen LogP contribution in [0.3, 0.4) is 0 Å². The predicted octanol–water partition coefficient (Wildman–Crippen LogP) is 3.15. The van der Waals surface area contributed by atoms with Crippen molar-refractivity contribution in [2.75, 3.05) is 12.5 Å². The summed E-state index contributed by atoms with van der Waals surface area (Å²) in [4.78, 5) is 12.4. The maximum atomic E-state index is 12.4. The van der Waals surface area contributed by atoms with Gasteiger partial charge in [-0.2, -0.15) is 5.26 Å². The third kappa shape index (κ3) is 3.46. The van der Waals surface area contributed by atoms with Gasteiger partial charge in [0.25, 0.3) is 0 Å². The molecular formula is C16H14ClIN2O3. The minimum atomic E-state index is -0.658. The van der Waals surface area contributed by atoms with Gasteiger partial charge in [0.2, 0.25) is 5.88 Å². The Balaban J connectivity index is 2.69. The number of rotatable bonds is 4. The molecule has 1 aromatic rings. The lowest BCUT2D eigenvalue weighted by Gasteiger charge is -2.28. The third-order valence-corrected chi connectivity index (χ3v) is 4.55. The minimum absolute atomic E-state index is 0.0409. The van der Waals surface area contributed by atoms with E-state index in [0.29, 0.717) is 0 Å². The van der Waals surface area contributed by atoms with Gasteiger partial charge in [-0.25, -0.2) is 4.79 Å². The molecule has 0 amide bonds. The molecule has 0 bridgehead atoms. The van der Waals surface area contributed by atoms with E-state index in [0.717, 1.165) is 9.13 Å². The Bertz CT molecular complexity index is 737. The summed E-state index contributed by atoms with van der Waals surface area (Å²) in [7, 11) is 0. The van der Waals surface area contributed by atoms with Crippen LogP contribution in [0.15, 0.2) is 47.1 Å². The summed E-state index contributed by atoms with van der Waals surface area (Å²) in [5, 5.41) is 9.49. The molecule has 1 aliphatic rings. The van der Waals surface area contributed by atoms with Crippen molar-refractivity contribution in [3.8, 4) is 6.07 Å². The van der Waals surface area contributed by atoms with Crippen molar-refractivity contribution in [1.29, 1.82) is 5.26 Å². The van der Waals surface area contributed by atoms with Gasteiger partial charge in [-0.1, -0.05) is 18.2 Å². The zero-order valence-corrected chi connectivity index (χ0v) is 15.2. The summed E-state index contributed by atoms with van der Waals surface area (Å²) >= 11 is 8.06. The summed E-state index contributed by atoms with van der Waals surface area (Å²) in [6.07, 6.45) is 0. The molecule has 1 aromatic carbocycles. The molecular weight excluding hydrogens is 431 g/mol. The molecule has 1 atom stereocenters. The number of halogens is 2. The van der Waals surface area contributed by atoms with Gasteiger partial charge >= 0.3 is 5.97 Å². The second-order valence-corrected chi connectivity index (χ2v) is 6.07. The van der Waals surface area contributed by atoms with Crippen LogP contribution >= 0.6 is 34.2 Å². The Morgan fingerprint density at radius 3 is 2.78 bits per heavy atom. The largest absolute Gasteiger partial charge is 0.463 e. The Hall–Kier alpha value is -1.72. The number of nitriles is 1. The molecule has 0 radical (unpaired) electrons. The fraction of sp³-hybridized carbons (Fsp3) is 0.250. The number of esters is 1. The number of carbonyl (C=O) groups is 1. The van der Waals surface area contributed by atoms with Gasteiger partial charge in [-0.05, 0) is 41.1 Å². The van der Waals surface area contributed by atoms with E-state index in [1.54, 1.807) is 6.92 Å². The highest BCUT2D eigenvalue weighted by molar-refractivity contribution is 14.1. The number of carbonyl (C=O) groups excluding carboxylic acids is 1. The molecule has 7 heteroatoms. The Labute approximate surface area is 152 Å². The maximum absolute atomic E-state index is 12.4. The number of alkyl halides is 1. The van der Waals surface area contributed by atoms with Crippen molar-refractivity contribution in [1.82, 2.24) is 0 Å². The van der Waals surface area contributed by atoms with Gasteiger partial charge in [-0.15, -0.1) is 11.6 Å². The summed E-state index contributed by atoms with van der Waals surface area (Å²) in [6, 6.07) is 9.48. The lowest BCUT2D eigenvalue weighted by atomic mass is 9.83. The first-order valence-electron chi connectivity index (χ1n) is 6.83. The topological polar surface area (TPSA) is 85.3 Å². The summed E-state index contributed by atoms with van der Waals surface area (Å²) < 4.78 is 11.4. The SMILES string of the molecule is CCOC(=O)C1=C(CCl)OC(N)=C(C#N)[C@H]1c1ccccc1I. The highest BCUT2D eigenvalue weighted by Gasteiger charge is 2.38. The summed E-state index contributed by atoms with van der Waals surface area (Å²) in [5.74, 6) is -1.09. The number of hydrogen-bond acceptors (Lipinski definition) is 5. The van der Waals surface area contributed by atoms with Gasteiger partial charge < -0.3 is 15.2 Å². The van der Waals surface area contributed by atoms with E-state index in [9.17, 15) is 10.1 Å². The number of ether oxygens (including phenoxy) is 2. The standard InChI is InChI=1S/C16H14ClIN2O3/c1-2-22-16(21)14-12(7-17)23-15(20)10(8-19)13(14)9-5-3-4-6-11(9)18/h3-6,13H,2,7,20H2,1H3/t13-/m1/s1. The Morgan fingerprint density at radius 1 is 1.52 bits per heavy atom. The number of nitrogens with two attached hydrogens (primary N) is 1. The van der Waals surface area contributed by atoms with Gasteiger partial charge in [0, 0.05) is 3.57 Å². The molecule has 0 aromatic heterocycles. The van der Waals surface area contributed by atoms with Crippen LogP contribution < -0.4 is 5.73 Å². The lowest BCUT2D eigenvalue weighted by molar-refractivity contribution is -0.139. The number of nitrogens with zero attached hydrogens (tertiary/aromatic N) is 1. The second-order valence-electron chi connectivity index (χ2n) is 4.64. The van der Waals surface area contributed by atoms with Crippen molar-refractivity contribution in [2.24, 2.45) is 5.73 Å². The Morgan fingerprint density at radius 2 is 2.22 bits per heavy atom. The first-order chi connectivity index (χ1) is 11.0. The van der Waals surface area contributed by atoms with Crippen LogP contribution in [-0.4, -0.2) is 18.5 Å². The van der Waals surface area contributed by atoms with Gasteiger partial charge in [0.1, 0.15) is 17.4 Å². The molecule has 0 fully saturated rings. The van der Waals surface area contributed by atoms with E-state index in [4.69, 9.17) is 26.8 Å². The van der Waals surface area contributed by atoms with Crippen LogP contribution in [-0.2, 0) is 14.3 Å². The zero-order chi connectivity index (χ0) is 17.0. The van der Waals surface area contributed by atoms with Crippen LogP contribution in [0.25, 0.3) is 0 Å². The molecule has 0 aliphatic carbocycles. The number of allylic oxidation sites excluding steroid dienone is 2. The maximum Gasteiger partial charge on any atom is 0.338 e. The van der Waals surface area contributed by atoms with Crippen LogP contribution in [0.4, 0.5) is 0 Å². The number of hydrogen-bond donors (Lipinski definition) is 1. The minimum Gasteiger partial charge on any atom is -0.463 e. The molecule has 1 aliphatic heterocycles. The van der Waals surface area contributed by atoms with Crippen molar-refractivity contribution in [3.63, 3.8) is 0 Å². The highest BCUT2D eigenvalue weighted by atomic mass is 127. The normalized spacial score (nSPS) is 17.6. The molecule has 0 saturated heterocycles. The van der Waals surface area contributed by atoms with Crippen molar-refractivity contribution >= 4 is 40.2 Å². The molecule has 23 heavy (non-hydrogen) atoms. The average Bonchev–Trinajstić information content (AvgIpc) is 2.54. The summed E-state index contributed by atoms with van der Waals surface area (Å²) in [5.41, 5.74) is 7.03. The van der Waals surface area contributed by atoms with Crippen LogP contribution in [0.5, 0.6) is 0 Å². The van der Waals surface area contributed by atoms with E-state index in [1.165, 1.54) is 0 Å². The number of benzene rings is 1. The summed E-state index contributed by atoms with van der Waals surface area (Å²) in [6.45, 7) is 1.91. The Kier molecular flexibility index (Phi) is 5.91. The van der Waals surface area contributed by atoms with E-state index in [2.05, 4.69) is 22.6 Å². The molecule has 2 rings (SSSR count). The molecule has 0 unspecified atom stereocenters. The van der Waals surface area contributed by atoms with Crippen molar-refractivity contribution < 1.29 is 14.3 Å². The first kappa shape index (κ1) is 17.6. The van der Waals surface area contributed by atoms with Gasteiger partial charge in [0.15, 0.2) is 0 Å². The van der Waals surface area contributed by atoms with Gasteiger partial charge in [0.05, 0.1) is 24.0 Å². The van der Waals surface area contributed by atoms with E-state index in [1.807, 2.05) is 30.3 Å². The smallest absolute Gasteiger partial charge is 0.338 e. The molecule has 0 spiro atoms. The van der Waals surface area contributed by atoms with Crippen LogP contribution in [0.2, 0.25) is 0 Å². The average molecular weight is 445 g/mol. The van der Waals surface area contributed by atoms with E-state index < -0.39 is 11.9 Å². The van der Waals surface area contributed by atoms with E-state index >= 15 is 0 Å². The van der Waals surface area contributed by atoms with Gasteiger partial charge in [-0.3, -0.25) is 0 Å². The van der Waals surface area contributed by atoms with Crippen molar-refractivity contribution in [2.45, 2.75) is 12.8 Å². The second kappa shape index (κ2) is 7.70. The monoisotopic (exact) mass is 444 g/mol. The quantitative estimate of drug-likeness (QED) is 0.438. The molecule has 0 saturated carbocycles.